The summed E-state index contributed by atoms with van der Waals surface area (Å²) in [6, 6.07) is 0. The molecule has 0 aliphatic rings. The van der Waals surface area contributed by atoms with Gasteiger partial charge in [0.25, 0.3) is 0 Å². The monoisotopic (exact) mass is 300 g/mol. The predicted octanol–water partition coefficient (Wildman–Crippen LogP) is 3.39. The van der Waals surface area contributed by atoms with E-state index in [1.54, 1.807) is 20.8 Å². The van der Waals surface area contributed by atoms with Crippen molar-refractivity contribution in [2.24, 2.45) is 5.92 Å². The number of nitrogens with zero attached hydrogens (tertiary/aromatic N) is 1. The number of carbonyl (C=O) groups excluding carboxylic acids is 1. The molecule has 2 N–H and O–H groups in total. The molecule has 0 fully saturated rings. The lowest BCUT2D eigenvalue weighted by molar-refractivity contribution is 0.0632. The predicted molar refractivity (Wildman–Crippen MR) is 77.5 cm³/mol. The Hall–Kier alpha value is -1.63. The zero-order valence-corrected chi connectivity index (χ0v) is 13.1. The molecule has 0 aliphatic carbocycles. The van der Waals surface area contributed by atoms with E-state index in [4.69, 9.17) is 9.84 Å². The highest BCUT2D eigenvalue weighted by Gasteiger charge is 2.21. The Balaban J connectivity index is 2.86. The van der Waals surface area contributed by atoms with E-state index >= 15 is 0 Å². The molecule has 1 amide bonds. The number of anilines is 1. The second kappa shape index (κ2) is 6.21. The molecule has 1 aromatic rings. The summed E-state index contributed by atoms with van der Waals surface area (Å²) >= 11 is 1.17. The van der Waals surface area contributed by atoms with E-state index in [1.807, 2.05) is 13.8 Å². The van der Waals surface area contributed by atoms with Crippen LogP contribution in [0.5, 0.6) is 0 Å². The molecule has 1 heterocycles. The fraction of sp³-hybridized carbons (Fsp3) is 0.615. The van der Waals surface area contributed by atoms with Crippen LogP contribution in [0.3, 0.4) is 0 Å². The Morgan fingerprint density at radius 2 is 2.00 bits per heavy atom. The van der Waals surface area contributed by atoms with Crippen molar-refractivity contribution in [3.05, 3.63) is 10.6 Å². The minimum atomic E-state index is -1.09. The number of rotatable bonds is 4. The smallest absolute Gasteiger partial charge is 0.413 e. The Labute approximate surface area is 122 Å². The maximum absolute atomic E-state index is 11.6. The molecule has 0 spiro atoms. The van der Waals surface area contributed by atoms with Gasteiger partial charge in [-0.05, 0) is 33.1 Å². The number of aromatic carboxylic acids is 1. The van der Waals surface area contributed by atoms with Crippen LogP contribution in [0.2, 0.25) is 0 Å². The van der Waals surface area contributed by atoms with Gasteiger partial charge >= 0.3 is 12.1 Å². The quantitative estimate of drug-likeness (QED) is 0.889. The fourth-order valence-corrected chi connectivity index (χ4v) is 2.62. The molecule has 112 valence electrons. The van der Waals surface area contributed by atoms with Gasteiger partial charge in [0.2, 0.25) is 0 Å². The highest BCUT2D eigenvalue weighted by Crippen LogP contribution is 2.26. The van der Waals surface area contributed by atoms with Gasteiger partial charge < -0.3 is 9.84 Å². The van der Waals surface area contributed by atoms with Crippen molar-refractivity contribution < 1.29 is 19.4 Å². The molecule has 1 aromatic heterocycles. The number of carboxylic acids is 1. The maximum atomic E-state index is 11.6. The summed E-state index contributed by atoms with van der Waals surface area (Å²) in [6.07, 6.45) is -0.0331. The van der Waals surface area contributed by atoms with Crippen LogP contribution >= 0.6 is 11.3 Å². The average molecular weight is 300 g/mol. The van der Waals surface area contributed by atoms with Crippen LogP contribution in [-0.2, 0) is 11.2 Å². The minimum Gasteiger partial charge on any atom is -0.476 e. The van der Waals surface area contributed by atoms with Crippen molar-refractivity contribution >= 4 is 28.5 Å². The number of hydrogen-bond donors (Lipinski definition) is 2. The number of carbonyl (C=O) groups is 2. The largest absolute Gasteiger partial charge is 0.476 e. The minimum absolute atomic E-state index is 0.00485. The molecule has 0 bridgehead atoms. The second-order valence-corrected chi connectivity index (χ2v) is 6.90. The van der Waals surface area contributed by atoms with Gasteiger partial charge in [-0.2, -0.15) is 0 Å². The van der Waals surface area contributed by atoms with Gasteiger partial charge in [0.1, 0.15) is 5.60 Å². The molecule has 0 atom stereocenters. The maximum Gasteiger partial charge on any atom is 0.413 e. The van der Waals surface area contributed by atoms with E-state index in [0.29, 0.717) is 17.2 Å². The summed E-state index contributed by atoms with van der Waals surface area (Å²) in [6.45, 7) is 9.24. The number of aromatic nitrogens is 1. The van der Waals surface area contributed by atoms with Gasteiger partial charge in [-0.3, -0.25) is 5.32 Å². The van der Waals surface area contributed by atoms with Gasteiger partial charge in [-0.1, -0.05) is 13.8 Å². The standard InChI is InChI=1S/C13H20N2O4S/c1-7(2)6-8-9(10(16)17)14-11(20-8)15-12(18)19-13(3,4)5/h7H,6H2,1-5H3,(H,16,17)(H,14,15,18). The van der Waals surface area contributed by atoms with E-state index in [1.165, 1.54) is 11.3 Å². The number of amides is 1. The third-order valence-electron chi connectivity index (χ3n) is 2.10. The van der Waals surface area contributed by atoms with Crippen LogP contribution in [0, 0.1) is 5.92 Å². The lowest BCUT2D eigenvalue weighted by atomic mass is 10.1. The first-order valence-electron chi connectivity index (χ1n) is 6.31. The first-order chi connectivity index (χ1) is 9.08. The van der Waals surface area contributed by atoms with Crippen LogP contribution in [0.15, 0.2) is 0 Å². The highest BCUT2D eigenvalue weighted by molar-refractivity contribution is 7.16. The van der Waals surface area contributed by atoms with Crippen molar-refractivity contribution in [3.63, 3.8) is 0 Å². The van der Waals surface area contributed by atoms with Crippen LogP contribution in [0.1, 0.15) is 50.0 Å². The molecule has 20 heavy (non-hydrogen) atoms. The number of hydrogen-bond acceptors (Lipinski definition) is 5. The molecule has 0 unspecified atom stereocenters. The van der Waals surface area contributed by atoms with Crippen LogP contribution < -0.4 is 5.32 Å². The van der Waals surface area contributed by atoms with E-state index in [2.05, 4.69) is 10.3 Å². The van der Waals surface area contributed by atoms with Crippen LogP contribution in [-0.4, -0.2) is 27.8 Å². The molecular formula is C13H20N2O4S. The first-order valence-corrected chi connectivity index (χ1v) is 7.13. The van der Waals surface area contributed by atoms with Gasteiger partial charge in [0.05, 0.1) is 0 Å². The SMILES string of the molecule is CC(C)Cc1sc(NC(=O)OC(C)(C)C)nc1C(=O)O. The molecule has 0 saturated heterocycles. The summed E-state index contributed by atoms with van der Waals surface area (Å²) in [7, 11) is 0. The van der Waals surface area contributed by atoms with Crippen molar-refractivity contribution in [2.75, 3.05) is 5.32 Å². The van der Waals surface area contributed by atoms with Crippen molar-refractivity contribution in [2.45, 2.75) is 46.6 Å². The summed E-state index contributed by atoms with van der Waals surface area (Å²) in [5.41, 5.74) is -0.618. The van der Waals surface area contributed by atoms with E-state index < -0.39 is 17.7 Å². The molecule has 1 rings (SSSR count). The molecule has 0 saturated carbocycles. The molecular weight excluding hydrogens is 280 g/mol. The molecule has 0 aromatic carbocycles. The number of ether oxygens (including phenoxy) is 1. The third kappa shape index (κ3) is 5.16. The lowest BCUT2D eigenvalue weighted by Crippen LogP contribution is -2.27. The molecule has 6 nitrogen and oxygen atoms in total. The number of carboxylic acid groups (broad SMARTS) is 1. The van der Waals surface area contributed by atoms with Gasteiger partial charge in [0, 0.05) is 4.88 Å². The van der Waals surface area contributed by atoms with E-state index in [9.17, 15) is 9.59 Å². The highest BCUT2D eigenvalue weighted by atomic mass is 32.1. The Kier molecular flexibility index (Phi) is 5.10. The average Bonchev–Trinajstić information content (AvgIpc) is 2.56. The summed E-state index contributed by atoms with van der Waals surface area (Å²) < 4.78 is 5.10. The zero-order chi connectivity index (χ0) is 15.5. The Bertz CT molecular complexity index is 503. The third-order valence-corrected chi connectivity index (χ3v) is 3.09. The summed E-state index contributed by atoms with van der Waals surface area (Å²) in [5.74, 6) is -0.780. The lowest BCUT2D eigenvalue weighted by Gasteiger charge is -2.18. The summed E-state index contributed by atoms with van der Waals surface area (Å²) in [4.78, 5) is 27.3. The molecule has 0 aliphatic heterocycles. The van der Waals surface area contributed by atoms with Crippen LogP contribution in [0.4, 0.5) is 9.93 Å². The number of thiazole rings is 1. The fourth-order valence-electron chi connectivity index (χ4n) is 1.47. The Morgan fingerprint density at radius 1 is 1.40 bits per heavy atom. The van der Waals surface area contributed by atoms with Crippen molar-refractivity contribution in [3.8, 4) is 0 Å². The first kappa shape index (κ1) is 16.4. The topological polar surface area (TPSA) is 88.5 Å². The normalized spacial score (nSPS) is 11.5. The Morgan fingerprint density at radius 3 is 2.45 bits per heavy atom. The molecule has 7 heteroatoms. The van der Waals surface area contributed by atoms with Crippen molar-refractivity contribution in [1.82, 2.24) is 4.98 Å². The second-order valence-electron chi connectivity index (χ2n) is 5.82. The van der Waals surface area contributed by atoms with Crippen molar-refractivity contribution in [1.29, 1.82) is 0 Å². The summed E-state index contributed by atoms with van der Waals surface area (Å²) in [5, 5.41) is 11.8. The van der Waals surface area contributed by atoms with Crippen LogP contribution in [0.25, 0.3) is 0 Å². The zero-order valence-electron chi connectivity index (χ0n) is 12.3. The molecule has 0 radical (unpaired) electrons. The van der Waals surface area contributed by atoms with E-state index in [0.717, 1.165) is 0 Å². The van der Waals surface area contributed by atoms with Gasteiger partial charge in [-0.25, -0.2) is 14.6 Å². The van der Waals surface area contributed by atoms with Gasteiger partial charge in [0.15, 0.2) is 10.8 Å². The van der Waals surface area contributed by atoms with E-state index in [-0.39, 0.29) is 10.8 Å². The number of nitrogens with one attached hydrogen (secondary N) is 1. The van der Waals surface area contributed by atoms with Gasteiger partial charge in [-0.15, -0.1) is 11.3 Å².